The van der Waals surface area contributed by atoms with Gasteiger partial charge in [-0.15, -0.1) is 0 Å². The summed E-state index contributed by atoms with van der Waals surface area (Å²) in [7, 11) is 0. The van der Waals surface area contributed by atoms with Gasteiger partial charge in [-0.2, -0.15) is 0 Å². The summed E-state index contributed by atoms with van der Waals surface area (Å²) >= 11 is 0. The molecule has 5 nitrogen and oxygen atoms in total. The Labute approximate surface area is 105 Å². The van der Waals surface area contributed by atoms with Crippen LogP contribution in [0, 0.1) is 10.1 Å². The lowest BCUT2D eigenvalue weighted by Gasteiger charge is -2.14. The minimum atomic E-state index is -0.400. The summed E-state index contributed by atoms with van der Waals surface area (Å²) < 4.78 is 0. The molecule has 2 aromatic rings. The molecule has 0 fully saturated rings. The number of rotatable bonds is 4. The van der Waals surface area contributed by atoms with Crippen LogP contribution in [0.4, 0.5) is 11.4 Å². The quantitative estimate of drug-likeness (QED) is 0.662. The third-order valence-corrected chi connectivity index (χ3v) is 2.96. The van der Waals surface area contributed by atoms with Gasteiger partial charge < -0.3 is 5.32 Å². The molecular formula is C13H15N3O2. The molecule has 0 aliphatic carbocycles. The molecule has 0 bridgehead atoms. The van der Waals surface area contributed by atoms with E-state index < -0.39 is 4.92 Å². The van der Waals surface area contributed by atoms with Crippen LogP contribution < -0.4 is 5.32 Å². The zero-order valence-electron chi connectivity index (χ0n) is 10.4. The van der Waals surface area contributed by atoms with Gasteiger partial charge in [-0.1, -0.05) is 6.92 Å². The summed E-state index contributed by atoms with van der Waals surface area (Å²) in [6.45, 7) is 4.16. The Hall–Kier alpha value is -2.17. The van der Waals surface area contributed by atoms with Crippen LogP contribution in [0.2, 0.25) is 0 Å². The van der Waals surface area contributed by atoms with Gasteiger partial charge in [0.25, 0.3) is 5.69 Å². The maximum absolute atomic E-state index is 10.9. The van der Waals surface area contributed by atoms with Crippen molar-refractivity contribution in [2.45, 2.75) is 26.3 Å². The molecule has 0 aliphatic heterocycles. The van der Waals surface area contributed by atoms with Gasteiger partial charge in [0.15, 0.2) is 0 Å². The number of hydrogen-bond donors (Lipinski definition) is 1. The minimum absolute atomic E-state index is 0.0419. The molecule has 0 spiro atoms. The van der Waals surface area contributed by atoms with E-state index in [1.807, 2.05) is 6.07 Å². The third-order valence-electron chi connectivity index (χ3n) is 2.96. The number of anilines is 1. The van der Waals surface area contributed by atoms with Crippen LogP contribution in [0.25, 0.3) is 10.9 Å². The molecule has 1 atom stereocenters. The fraction of sp³-hybridized carbons (Fsp3) is 0.308. The number of nitrogens with one attached hydrogen (secondary N) is 1. The van der Waals surface area contributed by atoms with E-state index in [9.17, 15) is 10.1 Å². The number of aromatic nitrogens is 1. The van der Waals surface area contributed by atoms with E-state index in [4.69, 9.17) is 0 Å². The molecule has 1 N–H and O–H groups in total. The molecule has 18 heavy (non-hydrogen) atoms. The summed E-state index contributed by atoms with van der Waals surface area (Å²) in [6.07, 6.45) is 2.56. The van der Waals surface area contributed by atoms with E-state index in [2.05, 4.69) is 24.1 Å². The van der Waals surface area contributed by atoms with Crippen molar-refractivity contribution in [2.75, 3.05) is 5.32 Å². The first-order valence-electron chi connectivity index (χ1n) is 5.92. The van der Waals surface area contributed by atoms with Gasteiger partial charge >= 0.3 is 0 Å². The van der Waals surface area contributed by atoms with Gasteiger partial charge in [0.05, 0.1) is 4.92 Å². The molecule has 0 saturated heterocycles. The lowest BCUT2D eigenvalue weighted by Crippen LogP contribution is -2.13. The second-order valence-corrected chi connectivity index (χ2v) is 4.24. The maximum Gasteiger partial charge on any atom is 0.295 e. The van der Waals surface area contributed by atoms with Crippen LogP contribution in [0.1, 0.15) is 20.3 Å². The van der Waals surface area contributed by atoms with E-state index in [0.717, 1.165) is 17.5 Å². The molecule has 0 saturated carbocycles. The van der Waals surface area contributed by atoms with E-state index in [-0.39, 0.29) is 5.69 Å². The largest absolute Gasteiger partial charge is 0.382 e. The van der Waals surface area contributed by atoms with Crippen molar-refractivity contribution in [1.29, 1.82) is 0 Å². The van der Waals surface area contributed by atoms with Crippen LogP contribution in [0.3, 0.4) is 0 Å². The number of nitro groups is 1. The average molecular weight is 245 g/mol. The lowest BCUT2D eigenvalue weighted by atomic mass is 10.1. The first-order chi connectivity index (χ1) is 8.63. The third kappa shape index (κ3) is 2.25. The molecule has 1 aromatic carbocycles. The predicted molar refractivity (Wildman–Crippen MR) is 71.8 cm³/mol. The minimum Gasteiger partial charge on any atom is -0.382 e. The van der Waals surface area contributed by atoms with Crippen LogP contribution >= 0.6 is 0 Å². The number of fused-ring (bicyclic) bond motifs is 1. The first kappa shape index (κ1) is 12.3. The van der Waals surface area contributed by atoms with Gasteiger partial charge in [-0.05, 0) is 31.5 Å². The molecule has 1 unspecified atom stereocenters. The van der Waals surface area contributed by atoms with Crippen molar-refractivity contribution in [3.8, 4) is 0 Å². The van der Waals surface area contributed by atoms with Crippen molar-refractivity contribution < 1.29 is 4.92 Å². The number of nitro benzene ring substituents is 1. The first-order valence-corrected chi connectivity index (χ1v) is 5.92. The van der Waals surface area contributed by atoms with E-state index >= 15 is 0 Å². The highest BCUT2D eigenvalue weighted by molar-refractivity contribution is 5.96. The van der Waals surface area contributed by atoms with Crippen LogP contribution in [-0.2, 0) is 0 Å². The molecule has 94 valence electrons. The van der Waals surface area contributed by atoms with Crippen LogP contribution in [-0.4, -0.2) is 15.9 Å². The molecule has 1 heterocycles. The summed E-state index contributed by atoms with van der Waals surface area (Å²) in [5, 5.41) is 15.1. The van der Waals surface area contributed by atoms with Gasteiger partial charge in [-0.3, -0.25) is 10.1 Å². The standard InChI is InChI=1S/C13H15N3O2/c1-3-9(2)15-11-6-7-12(16(17)18)13-10(11)5-4-8-14-13/h4-9,15H,3H2,1-2H3. The predicted octanol–water partition coefficient (Wildman–Crippen LogP) is 3.35. The Bertz CT molecular complexity index is 583. The second kappa shape index (κ2) is 5.00. The van der Waals surface area contributed by atoms with E-state index in [1.165, 1.54) is 6.07 Å². The zero-order valence-corrected chi connectivity index (χ0v) is 10.4. The maximum atomic E-state index is 10.9. The second-order valence-electron chi connectivity index (χ2n) is 4.24. The van der Waals surface area contributed by atoms with Crippen LogP contribution in [0.5, 0.6) is 0 Å². The zero-order chi connectivity index (χ0) is 13.1. The van der Waals surface area contributed by atoms with Crippen molar-refractivity contribution in [1.82, 2.24) is 4.98 Å². The van der Waals surface area contributed by atoms with E-state index in [1.54, 1.807) is 18.3 Å². The monoisotopic (exact) mass is 245 g/mol. The fourth-order valence-electron chi connectivity index (χ4n) is 1.80. The van der Waals surface area contributed by atoms with Gasteiger partial charge in [-0.25, -0.2) is 4.98 Å². The SMILES string of the molecule is CCC(C)Nc1ccc([N+](=O)[O-])c2ncccc12. The summed E-state index contributed by atoms with van der Waals surface area (Å²) in [5.41, 5.74) is 1.36. The molecular weight excluding hydrogens is 230 g/mol. The highest BCUT2D eigenvalue weighted by atomic mass is 16.6. The Morgan fingerprint density at radius 2 is 2.22 bits per heavy atom. The Balaban J connectivity index is 2.57. The number of nitrogens with zero attached hydrogens (tertiary/aromatic N) is 2. The molecule has 0 amide bonds. The summed E-state index contributed by atoms with van der Waals surface area (Å²) in [5.74, 6) is 0. The van der Waals surface area contributed by atoms with Crippen molar-refractivity contribution in [3.05, 3.63) is 40.6 Å². The van der Waals surface area contributed by atoms with Crippen LogP contribution in [0.15, 0.2) is 30.5 Å². The van der Waals surface area contributed by atoms with Gasteiger partial charge in [0.1, 0.15) is 5.52 Å². The normalized spacial score (nSPS) is 12.3. The van der Waals surface area contributed by atoms with Crippen molar-refractivity contribution >= 4 is 22.3 Å². The topological polar surface area (TPSA) is 68.1 Å². The Kier molecular flexibility index (Phi) is 3.41. The Morgan fingerprint density at radius 3 is 2.89 bits per heavy atom. The molecule has 0 aliphatic rings. The van der Waals surface area contributed by atoms with Crippen molar-refractivity contribution in [3.63, 3.8) is 0 Å². The summed E-state index contributed by atoms with van der Waals surface area (Å²) in [4.78, 5) is 14.7. The highest BCUT2D eigenvalue weighted by Gasteiger charge is 2.15. The number of non-ortho nitro benzene ring substituents is 1. The molecule has 5 heteroatoms. The Morgan fingerprint density at radius 1 is 1.44 bits per heavy atom. The smallest absolute Gasteiger partial charge is 0.295 e. The van der Waals surface area contributed by atoms with Gasteiger partial charge in [0.2, 0.25) is 0 Å². The molecule has 0 radical (unpaired) electrons. The summed E-state index contributed by atoms with van der Waals surface area (Å²) in [6, 6.07) is 7.19. The molecule has 2 rings (SSSR count). The van der Waals surface area contributed by atoms with Gasteiger partial charge in [0, 0.05) is 29.4 Å². The highest BCUT2D eigenvalue weighted by Crippen LogP contribution is 2.30. The fourth-order valence-corrected chi connectivity index (χ4v) is 1.80. The van der Waals surface area contributed by atoms with E-state index in [0.29, 0.717) is 11.6 Å². The number of benzene rings is 1. The van der Waals surface area contributed by atoms with Crippen molar-refractivity contribution in [2.24, 2.45) is 0 Å². The number of pyridine rings is 1. The lowest BCUT2D eigenvalue weighted by molar-refractivity contribution is -0.383. The molecule has 1 aromatic heterocycles. The average Bonchev–Trinajstić information content (AvgIpc) is 2.38. The number of hydrogen-bond acceptors (Lipinski definition) is 4.